The summed E-state index contributed by atoms with van der Waals surface area (Å²) in [5.74, 6) is -0.258. The number of benzene rings is 1. The summed E-state index contributed by atoms with van der Waals surface area (Å²) in [6, 6.07) is 6.87. The van der Waals surface area contributed by atoms with Crippen molar-refractivity contribution < 1.29 is 4.39 Å². The summed E-state index contributed by atoms with van der Waals surface area (Å²) in [7, 11) is 0. The number of rotatable bonds is 5. The summed E-state index contributed by atoms with van der Waals surface area (Å²) in [5.41, 5.74) is 1.54. The molecule has 1 aromatic heterocycles. The Bertz CT molecular complexity index is 504. The number of anilines is 1. The maximum Gasteiger partial charge on any atom is 0.147 e. The van der Waals surface area contributed by atoms with Gasteiger partial charge in [-0.05, 0) is 40.5 Å². The van der Waals surface area contributed by atoms with Gasteiger partial charge in [0.15, 0.2) is 0 Å². The Morgan fingerprint density at radius 1 is 1.39 bits per heavy atom. The average Bonchev–Trinajstić information content (AvgIpc) is 2.77. The highest BCUT2D eigenvalue weighted by Crippen LogP contribution is 2.25. The van der Waals surface area contributed by atoms with E-state index in [-0.39, 0.29) is 5.82 Å². The minimum absolute atomic E-state index is 0.258. The Hall–Kier alpha value is -1.36. The van der Waals surface area contributed by atoms with Crippen molar-refractivity contribution in [2.45, 2.75) is 26.4 Å². The van der Waals surface area contributed by atoms with Crippen LogP contribution in [0.4, 0.5) is 10.1 Å². The van der Waals surface area contributed by atoms with Crippen molar-refractivity contribution in [2.75, 3.05) is 5.32 Å². The van der Waals surface area contributed by atoms with Gasteiger partial charge in [0.1, 0.15) is 5.82 Å². The van der Waals surface area contributed by atoms with E-state index in [1.54, 1.807) is 12.3 Å². The normalized spacial score (nSPS) is 10.6. The molecule has 0 radical (unpaired) electrons. The summed E-state index contributed by atoms with van der Waals surface area (Å²) in [6.45, 7) is 3.54. The summed E-state index contributed by atoms with van der Waals surface area (Å²) < 4.78 is 16.3. The third kappa shape index (κ3) is 2.90. The van der Waals surface area contributed by atoms with E-state index in [1.807, 2.05) is 16.8 Å². The van der Waals surface area contributed by atoms with Crippen molar-refractivity contribution in [1.82, 2.24) is 9.78 Å². The van der Waals surface area contributed by atoms with E-state index in [2.05, 4.69) is 33.3 Å². The number of hydrogen-bond donors (Lipinski definition) is 1. The lowest BCUT2D eigenvalue weighted by Gasteiger charge is -2.11. The lowest BCUT2D eigenvalue weighted by molar-refractivity contribution is 0.577. The van der Waals surface area contributed by atoms with Crippen LogP contribution in [0.15, 0.2) is 34.9 Å². The molecule has 1 heterocycles. The van der Waals surface area contributed by atoms with Gasteiger partial charge in [-0.3, -0.25) is 4.68 Å². The summed E-state index contributed by atoms with van der Waals surface area (Å²) >= 11 is 3.34. The van der Waals surface area contributed by atoms with Crippen LogP contribution in [0, 0.1) is 5.82 Å². The van der Waals surface area contributed by atoms with Gasteiger partial charge in [0.2, 0.25) is 0 Å². The predicted octanol–water partition coefficient (Wildman–Crippen LogP) is 3.81. The van der Waals surface area contributed by atoms with Gasteiger partial charge >= 0.3 is 0 Å². The number of para-hydroxylation sites is 1. The molecule has 18 heavy (non-hydrogen) atoms. The van der Waals surface area contributed by atoms with Gasteiger partial charge in [0, 0.05) is 17.2 Å². The summed E-state index contributed by atoms with van der Waals surface area (Å²) in [4.78, 5) is 0. The van der Waals surface area contributed by atoms with Gasteiger partial charge in [-0.25, -0.2) is 4.39 Å². The smallest absolute Gasteiger partial charge is 0.147 e. The number of hydrogen-bond acceptors (Lipinski definition) is 2. The molecule has 0 bridgehead atoms. The zero-order valence-electron chi connectivity index (χ0n) is 10.2. The van der Waals surface area contributed by atoms with E-state index in [1.165, 1.54) is 6.07 Å². The molecule has 0 aliphatic rings. The van der Waals surface area contributed by atoms with Crippen molar-refractivity contribution in [3.63, 3.8) is 0 Å². The molecule has 0 aliphatic carbocycles. The van der Waals surface area contributed by atoms with Crippen LogP contribution in [0.1, 0.15) is 19.0 Å². The molecule has 5 heteroatoms. The van der Waals surface area contributed by atoms with Crippen molar-refractivity contribution in [3.8, 4) is 0 Å². The lowest BCUT2D eigenvalue weighted by atomic mass is 10.3. The molecule has 3 nitrogen and oxygen atoms in total. The van der Waals surface area contributed by atoms with Gasteiger partial charge in [-0.1, -0.05) is 13.0 Å². The quantitative estimate of drug-likeness (QED) is 0.910. The number of halogens is 2. The zero-order chi connectivity index (χ0) is 13.0. The van der Waals surface area contributed by atoms with Crippen molar-refractivity contribution >= 4 is 21.6 Å². The highest BCUT2D eigenvalue weighted by molar-refractivity contribution is 9.10. The van der Waals surface area contributed by atoms with Gasteiger partial charge in [-0.2, -0.15) is 5.10 Å². The second kappa shape index (κ2) is 6.00. The van der Waals surface area contributed by atoms with E-state index in [0.717, 1.165) is 23.1 Å². The Morgan fingerprint density at radius 2 is 2.22 bits per heavy atom. The van der Waals surface area contributed by atoms with Crippen molar-refractivity contribution in [2.24, 2.45) is 0 Å². The monoisotopic (exact) mass is 311 g/mol. The standard InChI is InChI=1S/C13H15BrFN3/c1-2-8-18-10(6-7-17-18)9-16-13-11(14)4-3-5-12(13)15/h3-7,16H,2,8-9H2,1H3. The second-order valence-electron chi connectivity index (χ2n) is 4.00. The van der Waals surface area contributed by atoms with Gasteiger partial charge in [0.25, 0.3) is 0 Å². The number of aryl methyl sites for hydroxylation is 1. The molecule has 0 saturated carbocycles. The Balaban J connectivity index is 2.09. The highest BCUT2D eigenvalue weighted by Gasteiger charge is 2.07. The molecule has 0 unspecified atom stereocenters. The largest absolute Gasteiger partial charge is 0.376 e. The maximum absolute atomic E-state index is 13.6. The molecule has 0 amide bonds. The third-order valence-corrected chi connectivity index (χ3v) is 3.31. The molecule has 2 rings (SSSR count). The minimum atomic E-state index is -0.258. The molecule has 2 aromatic rings. The first-order valence-electron chi connectivity index (χ1n) is 5.91. The Kier molecular flexibility index (Phi) is 4.36. The molecular weight excluding hydrogens is 297 g/mol. The Morgan fingerprint density at radius 3 is 2.94 bits per heavy atom. The molecule has 0 atom stereocenters. The van der Waals surface area contributed by atoms with Crippen LogP contribution in [0.5, 0.6) is 0 Å². The molecule has 1 N–H and O–H groups in total. The van der Waals surface area contributed by atoms with E-state index in [4.69, 9.17) is 0 Å². The SMILES string of the molecule is CCCn1nccc1CNc1c(F)cccc1Br. The van der Waals surface area contributed by atoms with Crippen LogP contribution >= 0.6 is 15.9 Å². The molecule has 0 fully saturated rings. The fourth-order valence-electron chi connectivity index (χ4n) is 1.77. The molecule has 1 aromatic carbocycles. The second-order valence-corrected chi connectivity index (χ2v) is 4.85. The number of nitrogens with one attached hydrogen (secondary N) is 1. The summed E-state index contributed by atoms with van der Waals surface area (Å²) in [5, 5.41) is 7.33. The van der Waals surface area contributed by atoms with E-state index >= 15 is 0 Å². The minimum Gasteiger partial charge on any atom is -0.376 e. The number of aromatic nitrogens is 2. The predicted molar refractivity (Wildman–Crippen MR) is 73.9 cm³/mol. The van der Waals surface area contributed by atoms with Crippen LogP contribution in [0.25, 0.3) is 0 Å². The molecular formula is C13H15BrFN3. The van der Waals surface area contributed by atoms with Crippen molar-refractivity contribution in [1.29, 1.82) is 0 Å². The first-order valence-corrected chi connectivity index (χ1v) is 6.70. The van der Waals surface area contributed by atoms with E-state index in [9.17, 15) is 4.39 Å². The van der Waals surface area contributed by atoms with E-state index < -0.39 is 0 Å². The molecule has 0 saturated heterocycles. The third-order valence-electron chi connectivity index (χ3n) is 2.65. The van der Waals surface area contributed by atoms with E-state index in [0.29, 0.717) is 12.2 Å². The fourth-order valence-corrected chi connectivity index (χ4v) is 2.25. The van der Waals surface area contributed by atoms with Crippen LogP contribution in [0.2, 0.25) is 0 Å². The van der Waals surface area contributed by atoms with Crippen LogP contribution < -0.4 is 5.32 Å². The molecule has 96 valence electrons. The van der Waals surface area contributed by atoms with Crippen LogP contribution in [0.3, 0.4) is 0 Å². The van der Waals surface area contributed by atoms with Crippen LogP contribution in [-0.2, 0) is 13.1 Å². The van der Waals surface area contributed by atoms with Crippen molar-refractivity contribution in [3.05, 3.63) is 46.4 Å². The van der Waals surface area contributed by atoms with Gasteiger partial charge < -0.3 is 5.32 Å². The number of nitrogens with zero attached hydrogens (tertiary/aromatic N) is 2. The topological polar surface area (TPSA) is 29.9 Å². The lowest BCUT2D eigenvalue weighted by Crippen LogP contribution is -2.09. The zero-order valence-corrected chi connectivity index (χ0v) is 11.7. The maximum atomic E-state index is 13.6. The summed E-state index contributed by atoms with van der Waals surface area (Å²) in [6.07, 6.45) is 2.79. The molecule has 0 spiro atoms. The van der Waals surface area contributed by atoms with Gasteiger partial charge in [0.05, 0.1) is 17.9 Å². The first-order chi connectivity index (χ1) is 8.72. The Labute approximate surface area is 114 Å². The first kappa shape index (κ1) is 13.1. The highest BCUT2D eigenvalue weighted by atomic mass is 79.9. The fraction of sp³-hybridized carbons (Fsp3) is 0.308. The van der Waals surface area contributed by atoms with Gasteiger partial charge in [-0.15, -0.1) is 0 Å². The molecule has 0 aliphatic heterocycles. The average molecular weight is 312 g/mol. The van der Waals surface area contributed by atoms with Crippen LogP contribution in [-0.4, -0.2) is 9.78 Å².